The normalized spacial score (nSPS) is 10.7. The van der Waals surface area contributed by atoms with Crippen LogP contribution in [0.15, 0.2) is 73.2 Å². The maximum Gasteiger partial charge on any atom is 0.281 e. The Bertz CT molecular complexity index is 1620. The smallest absolute Gasteiger partial charge is 0.281 e. The topological polar surface area (TPSA) is 136 Å². The van der Waals surface area contributed by atoms with Crippen molar-refractivity contribution in [1.29, 1.82) is 0 Å². The lowest BCUT2D eigenvalue weighted by molar-refractivity contribution is 0.101. The Morgan fingerprint density at radius 1 is 0.949 bits per heavy atom. The third-order valence-corrected chi connectivity index (χ3v) is 5.77. The molecule has 3 N–H and O–H groups in total. The number of ether oxygens (including phenoxy) is 4. The number of carbonyl (C=O) groups is 1. The Hall–Kier alpha value is -5.32. The van der Waals surface area contributed by atoms with Crippen LogP contribution >= 0.6 is 0 Å². The van der Waals surface area contributed by atoms with E-state index in [-0.39, 0.29) is 5.69 Å². The number of fused-ring (bicyclic) bond motifs is 1. The second kappa shape index (κ2) is 11.0. The van der Waals surface area contributed by atoms with Gasteiger partial charge in [0.05, 0.1) is 44.4 Å². The first-order valence-electron chi connectivity index (χ1n) is 12.0. The zero-order valence-electron chi connectivity index (χ0n) is 21.5. The molecule has 0 spiro atoms. The second-order valence-corrected chi connectivity index (χ2v) is 8.28. The average Bonchev–Trinajstić information content (AvgIpc) is 3.38. The molecule has 39 heavy (non-hydrogen) atoms. The molecular weight excluding hydrogens is 500 g/mol. The van der Waals surface area contributed by atoms with Crippen molar-refractivity contribution in [3.8, 4) is 34.4 Å². The molecule has 1 amide bonds. The fourth-order valence-electron chi connectivity index (χ4n) is 3.89. The van der Waals surface area contributed by atoms with Gasteiger partial charge in [0.15, 0.2) is 22.9 Å². The van der Waals surface area contributed by atoms with Gasteiger partial charge >= 0.3 is 0 Å². The number of aromatic nitrogens is 4. The largest absolute Gasteiger partial charge is 0.493 e. The van der Waals surface area contributed by atoms with Crippen molar-refractivity contribution in [2.75, 3.05) is 31.9 Å². The van der Waals surface area contributed by atoms with Crippen LogP contribution in [0.25, 0.3) is 16.6 Å². The number of nitrogens with two attached hydrogens (primary N) is 1. The van der Waals surface area contributed by atoms with E-state index in [2.05, 4.69) is 20.4 Å². The van der Waals surface area contributed by atoms with E-state index < -0.39 is 5.91 Å². The van der Waals surface area contributed by atoms with E-state index in [9.17, 15) is 4.79 Å². The van der Waals surface area contributed by atoms with E-state index in [0.717, 1.165) is 11.1 Å². The molecule has 5 aromatic rings. The fourth-order valence-corrected chi connectivity index (χ4v) is 3.89. The van der Waals surface area contributed by atoms with Gasteiger partial charge in [-0.25, -0.2) is 9.67 Å². The summed E-state index contributed by atoms with van der Waals surface area (Å²) in [5.74, 6) is 2.37. The molecule has 3 aromatic heterocycles. The molecule has 0 saturated heterocycles. The molecule has 0 aliphatic carbocycles. The van der Waals surface area contributed by atoms with Crippen molar-refractivity contribution in [3.63, 3.8) is 0 Å². The number of nitrogen functional groups attached to an aromatic ring is 1. The zero-order chi connectivity index (χ0) is 27.4. The molecular formula is C28H26N6O5. The van der Waals surface area contributed by atoms with Gasteiger partial charge in [-0.05, 0) is 55.5 Å². The molecule has 0 aliphatic heterocycles. The predicted octanol–water partition coefficient (Wildman–Crippen LogP) is 4.86. The molecule has 0 unspecified atom stereocenters. The van der Waals surface area contributed by atoms with Crippen LogP contribution in [-0.2, 0) is 0 Å². The SMILES string of the molecule is CCOc1cn(-c2ccc(N)cc2)nc1C(=O)Nc1ccc(Oc2ccnc3cc(OC)c(OC)cc23)cn1. The maximum atomic E-state index is 13.1. The van der Waals surface area contributed by atoms with Crippen molar-refractivity contribution < 1.29 is 23.7 Å². The minimum Gasteiger partial charge on any atom is -0.493 e. The number of rotatable bonds is 9. The van der Waals surface area contributed by atoms with E-state index in [1.807, 2.05) is 6.92 Å². The molecule has 11 nitrogen and oxygen atoms in total. The van der Waals surface area contributed by atoms with E-state index in [0.29, 0.717) is 52.4 Å². The highest BCUT2D eigenvalue weighted by Crippen LogP contribution is 2.36. The standard InChI is InChI=1S/C28H26N6O5/c1-4-38-25-16-34(18-7-5-17(29)6-8-18)33-27(25)28(35)32-26-10-9-19(15-31-26)39-22-11-12-30-21-14-24(37-3)23(36-2)13-20(21)22/h5-16H,4,29H2,1-3H3,(H,31,32,35). The van der Waals surface area contributed by atoms with Crippen LogP contribution in [0.3, 0.4) is 0 Å². The molecule has 198 valence electrons. The van der Waals surface area contributed by atoms with Crippen LogP contribution in [0.5, 0.6) is 28.7 Å². The van der Waals surface area contributed by atoms with E-state index in [1.165, 1.54) is 6.20 Å². The predicted molar refractivity (Wildman–Crippen MR) is 146 cm³/mol. The van der Waals surface area contributed by atoms with Gasteiger partial charge in [-0.3, -0.25) is 9.78 Å². The summed E-state index contributed by atoms with van der Waals surface area (Å²) >= 11 is 0. The number of hydrogen-bond acceptors (Lipinski definition) is 9. The molecule has 5 rings (SSSR count). The number of nitrogens with zero attached hydrogens (tertiary/aromatic N) is 4. The Balaban J connectivity index is 1.34. The summed E-state index contributed by atoms with van der Waals surface area (Å²) in [6.07, 6.45) is 4.81. The summed E-state index contributed by atoms with van der Waals surface area (Å²) in [6.45, 7) is 2.21. The lowest BCUT2D eigenvalue weighted by Crippen LogP contribution is -2.15. The first kappa shape index (κ1) is 25.3. The van der Waals surface area contributed by atoms with Crippen LogP contribution in [0, 0.1) is 0 Å². The second-order valence-electron chi connectivity index (χ2n) is 8.28. The summed E-state index contributed by atoms with van der Waals surface area (Å²) in [5, 5.41) is 7.92. The van der Waals surface area contributed by atoms with Gasteiger partial charge in [-0.2, -0.15) is 5.10 Å². The molecule has 0 atom stereocenters. The Morgan fingerprint density at radius 2 is 1.72 bits per heavy atom. The van der Waals surface area contributed by atoms with E-state index in [4.69, 9.17) is 24.7 Å². The number of methoxy groups -OCH3 is 2. The van der Waals surface area contributed by atoms with Gasteiger partial charge in [-0.15, -0.1) is 0 Å². The van der Waals surface area contributed by atoms with Crippen LogP contribution in [0.2, 0.25) is 0 Å². The number of amides is 1. The Morgan fingerprint density at radius 3 is 2.41 bits per heavy atom. The van der Waals surface area contributed by atoms with Crippen LogP contribution in [-0.4, -0.2) is 46.5 Å². The lowest BCUT2D eigenvalue weighted by Gasteiger charge is -2.12. The van der Waals surface area contributed by atoms with E-state index >= 15 is 0 Å². The van der Waals surface area contributed by atoms with Gasteiger partial charge in [0.1, 0.15) is 17.3 Å². The third-order valence-electron chi connectivity index (χ3n) is 5.77. The summed E-state index contributed by atoms with van der Waals surface area (Å²) in [7, 11) is 3.14. The first-order valence-corrected chi connectivity index (χ1v) is 12.0. The fraction of sp³-hybridized carbons (Fsp3) is 0.143. The van der Waals surface area contributed by atoms with Crippen molar-refractivity contribution in [3.05, 3.63) is 78.9 Å². The maximum absolute atomic E-state index is 13.1. The minimum absolute atomic E-state index is 0.128. The number of nitrogens with one attached hydrogen (secondary N) is 1. The lowest BCUT2D eigenvalue weighted by atomic mass is 10.2. The van der Waals surface area contributed by atoms with Crippen molar-refractivity contribution in [1.82, 2.24) is 19.7 Å². The number of anilines is 2. The quantitative estimate of drug-likeness (QED) is 0.258. The number of carbonyl (C=O) groups excluding carboxylic acids is 1. The Kier molecular flexibility index (Phi) is 7.13. The van der Waals surface area contributed by atoms with Gasteiger partial charge in [0.2, 0.25) is 0 Å². The molecule has 3 heterocycles. The Labute approximate surface area is 224 Å². The molecule has 2 aromatic carbocycles. The summed E-state index contributed by atoms with van der Waals surface area (Å²) in [5.41, 5.74) is 7.96. The molecule has 0 bridgehead atoms. The van der Waals surface area contributed by atoms with Crippen LogP contribution in [0.1, 0.15) is 17.4 Å². The van der Waals surface area contributed by atoms with Crippen molar-refractivity contribution in [2.45, 2.75) is 6.92 Å². The highest BCUT2D eigenvalue weighted by molar-refractivity contribution is 6.04. The van der Waals surface area contributed by atoms with Gasteiger partial charge < -0.3 is 30.0 Å². The molecule has 0 fully saturated rings. The molecule has 0 saturated carbocycles. The highest BCUT2D eigenvalue weighted by atomic mass is 16.5. The van der Waals surface area contributed by atoms with Crippen molar-refractivity contribution in [2.24, 2.45) is 0 Å². The first-order chi connectivity index (χ1) is 19.0. The van der Waals surface area contributed by atoms with E-state index in [1.54, 1.807) is 85.9 Å². The third kappa shape index (κ3) is 5.37. The summed E-state index contributed by atoms with van der Waals surface area (Å²) in [4.78, 5) is 21.8. The average molecular weight is 527 g/mol. The number of hydrogen-bond donors (Lipinski definition) is 2. The van der Waals surface area contributed by atoms with Gasteiger partial charge in [-0.1, -0.05) is 0 Å². The zero-order valence-corrected chi connectivity index (χ0v) is 21.5. The molecule has 0 radical (unpaired) electrons. The molecule has 0 aliphatic rings. The molecule has 11 heteroatoms. The number of pyridine rings is 2. The summed E-state index contributed by atoms with van der Waals surface area (Å²) < 4.78 is 24.0. The van der Waals surface area contributed by atoms with Gasteiger partial charge in [0.25, 0.3) is 5.91 Å². The van der Waals surface area contributed by atoms with Gasteiger partial charge in [0, 0.05) is 23.3 Å². The van der Waals surface area contributed by atoms with Crippen LogP contribution < -0.4 is 30.0 Å². The summed E-state index contributed by atoms with van der Waals surface area (Å²) in [6, 6.07) is 15.8. The minimum atomic E-state index is -0.463. The van der Waals surface area contributed by atoms with Crippen LogP contribution in [0.4, 0.5) is 11.5 Å². The monoisotopic (exact) mass is 526 g/mol. The number of benzene rings is 2. The highest BCUT2D eigenvalue weighted by Gasteiger charge is 2.20. The van der Waals surface area contributed by atoms with Crippen molar-refractivity contribution >= 4 is 28.3 Å².